The lowest BCUT2D eigenvalue weighted by atomic mass is 9.86. The van der Waals surface area contributed by atoms with Crippen LogP contribution < -0.4 is 4.68 Å². The van der Waals surface area contributed by atoms with Crippen molar-refractivity contribution < 1.29 is 4.68 Å². The second-order valence-electron chi connectivity index (χ2n) is 6.59. The Morgan fingerprint density at radius 1 is 0.889 bits per heavy atom. The zero-order chi connectivity index (χ0) is 18.6. The fourth-order valence-electron chi connectivity index (χ4n) is 3.78. The number of benzene rings is 2. The molecule has 0 aliphatic heterocycles. The topological polar surface area (TPSA) is 64.4 Å². The summed E-state index contributed by atoms with van der Waals surface area (Å²) in [5.74, 6) is 2.27. The van der Waals surface area contributed by atoms with Crippen molar-refractivity contribution in [3.63, 3.8) is 0 Å². The van der Waals surface area contributed by atoms with E-state index in [1.54, 1.807) is 4.68 Å². The Morgan fingerprint density at radius 3 is 2.07 bits per heavy atom. The summed E-state index contributed by atoms with van der Waals surface area (Å²) < 4.78 is 1.61. The van der Waals surface area contributed by atoms with Gasteiger partial charge in [0.25, 0.3) is 5.69 Å². The van der Waals surface area contributed by atoms with Crippen LogP contribution >= 0.6 is 0 Å². The van der Waals surface area contributed by atoms with Crippen molar-refractivity contribution in [3.05, 3.63) is 71.8 Å². The Labute approximate surface area is 158 Å². The molecular formula is C23H19N4+. The molecule has 1 aliphatic carbocycles. The minimum atomic E-state index is 0.0967. The fourth-order valence-corrected chi connectivity index (χ4v) is 3.78. The maximum absolute atomic E-state index is 9.59. The summed E-state index contributed by atoms with van der Waals surface area (Å²) in [6.07, 6.45) is 4.17. The second-order valence-corrected chi connectivity index (χ2v) is 6.59. The number of nitrogens with zero attached hydrogens (tertiary/aromatic N) is 3. The lowest BCUT2D eigenvalue weighted by Crippen LogP contribution is -2.42. The summed E-state index contributed by atoms with van der Waals surface area (Å²) in [5.41, 5.74) is 6.42. The van der Waals surface area contributed by atoms with E-state index < -0.39 is 0 Å². The standard InChI is InChI=1S/C23H19N4/c24-15-19(16-25)27-23(18-11-5-2-6-12-18)21-14-8-7-13-20(21)22(26-27)17-9-3-1-4-10-17/h1-6,9-12,24H,7-8,13-14H2/q+1. The van der Waals surface area contributed by atoms with Gasteiger partial charge in [0.1, 0.15) is 5.69 Å². The summed E-state index contributed by atoms with van der Waals surface area (Å²) in [6, 6.07) is 22.2. The molecule has 0 unspecified atom stereocenters. The zero-order valence-electron chi connectivity index (χ0n) is 14.9. The average Bonchev–Trinajstić information content (AvgIpc) is 2.75. The Kier molecular flexibility index (Phi) is 4.61. The van der Waals surface area contributed by atoms with Crippen molar-refractivity contribution in [2.45, 2.75) is 25.7 Å². The van der Waals surface area contributed by atoms with Crippen LogP contribution in [-0.2, 0) is 12.8 Å². The molecule has 0 fully saturated rings. The van der Waals surface area contributed by atoms with Crippen molar-refractivity contribution in [1.82, 2.24) is 5.10 Å². The van der Waals surface area contributed by atoms with E-state index in [4.69, 9.17) is 10.5 Å². The third-order valence-electron chi connectivity index (χ3n) is 4.98. The maximum Gasteiger partial charge on any atom is 0.377 e. The van der Waals surface area contributed by atoms with Gasteiger partial charge in [0.05, 0.1) is 5.87 Å². The molecule has 4 nitrogen and oxygen atoms in total. The monoisotopic (exact) mass is 351 g/mol. The van der Waals surface area contributed by atoms with E-state index in [9.17, 15) is 5.26 Å². The molecule has 130 valence electrons. The molecular weight excluding hydrogens is 332 g/mol. The van der Waals surface area contributed by atoms with Gasteiger partial charge in [-0.1, -0.05) is 48.5 Å². The molecule has 4 heteroatoms. The number of nitriles is 1. The molecule has 1 aromatic heterocycles. The largest absolute Gasteiger partial charge is 0.377 e. The predicted molar refractivity (Wildman–Crippen MR) is 105 cm³/mol. The summed E-state index contributed by atoms with van der Waals surface area (Å²) in [4.78, 5) is 0. The minimum absolute atomic E-state index is 0.0967. The summed E-state index contributed by atoms with van der Waals surface area (Å²) in [7, 11) is 0. The Hall–Kier alpha value is -3.54. The quantitative estimate of drug-likeness (QED) is 0.437. The van der Waals surface area contributed by atoms with Gasteiger partial charge in [0.15, 0.2) is 6.07 Å². The van der Waals surface area contributed by atoms with Crippen molar-refractivity contribution in [2.75, 3.05) is 0 Å². The van der Waals surface area contributed by atoms with Crippen LogP contribution in [0, 0.1) is 16.7 Å². The molecule has 0 atom stereocenters. The van der Waals surface area contributed by atoms with Gasteiger partial charge in [-0.3, -0.25) is 5.41 Å². The van der Waals surface area contributed by atoms with E-state index in [1.165, 1.54) is 11.1 Å². The summed E-state index contributed by atoms with van der Waals surface area (Å²) in [6.45, 7) is 0. The third kappa shape index (κ3) is 3.06. The zero-order valence-corrected chi connectivity index (χ0v) is 14.9. The van der Waals surface area contributed by atoms with E-state index in [1.807, 2.05) is 60.7 Å². The van der Waals surface area contributed by atoms with Crippen molar-refractivity contribution in [2.24, 2.45) is 0 Å². The smallest absolute Gasteiger partial charge is 0.252 e. The minimum Gasteiger partial charge on any atom is -0.252 e. The Balaban J connectivity index is 2.10. The van der Waals surface area contributed by atoms with Crippen LogP contribution in [0.2, 0.25) is 0 Å². The molecule has 27 heavy (non-hydrogen) atoms. The highest BCUT2D eigenvalue weighted by Gasteiger charge is 2.32. The van der Waals surface area contributed by atoms with Gasteiger partial charge < -0.3 is 0 Å². The van der Waals surface area contributed by atoms with Crippen LogP contribution in [0.1, 0.15) is 24.0 Å². The molecule has 0 radical (unpaired) electrons. The highest BCUT2D eigenvalue weighted by molar-refractivity contribution is 5.82. The lowest BCUT2D eigenvalue weighted by molar-refractivity contribution is -0.629. The first kappa shape index (κ1) is 16.9. The average molecular weight is 351 g/mol. The van der Waals surface area contributed by atoms with Gasteiger partial charge >= 0.3 is 5.70 Å². The molecule has 0 saturated heterocycles. The van der Waals surface area contributed by atoms with Gasteiger partial charge in [0, 0.05) is 21.8 Å². The molecule has 0 bridgehead atoms. The van der Waals surface area contributed by atoms with Crippen LogP contribution in [0.25, 0.3) is 28.2 Å². The molecule has 4 rings (SSSR count). The van der Waals surface area contributed by atoms with E-state index >= 15 is 0 Å². The number of hydrogen-bond acceptors (Lipinski definition) is 3. The number of rotatable bonds is 3. The van der Waals surface area contributed by atoms with Gasteiger partial charge in [-0.25, -0.2) is 0 Å². The van der Waals surface area contributed by atoms with Gasteiger partial charge in [-0.15, -0.1) is 0 Å². The number of aromatic nitrogens is 2. The molecule has 1 aliphatic rings. The third-order valence-corrected chi connectivity index (χ3v) is 4.98. The van der Waals surface area contributed by atoms with Gasteiger partial charge in [-0.2, -0.15) is 5.26 Å². The first-order valence-corrected chi connectivity index (χ1v) is 9.12. The Morgan fingerprint density at radius 2 is 1.48 bits per heavy atom. The van der Waals surface area contributed by atoms with Crippen LogP contribution in [0.3, 0.4) is 0 Å². The van der Waals surface area contributed by atoms with Crippen molar-refractivity contribution in [1.29, 1.82) is 10.7 Å². The molecule has 0 amide bonds. The number of hydrogen-bond donors (Lipinski definition) is 1. The van der Waals surface area contributed by atoms with E-state index in [2.05, 4.69) is 11.9 Å². The first-order valence-electron chi connectivity index (χ1n) is 9.12. The molecule has 3 aromatic rings. The lowest BCUT2D eigenvalue weighted by Gasteiger charge is -2.19. The van der Waals surface area contributed by atoms with E-state index in [0.29, 0.717) is 0 Å². The molecule has 1 heterocycles. The van der Waals surface area contributed by atoms with Crippen LogP contribution in [0.15, 0.2) is 60.7 Å². The van der Waals surface area contributed by atoms with Crippen LogP contribution in [-0.4, -0.2) is 11.0 Å². The number of fused-ring (bicyclic) bond motifs is 1. The Bertz CT molecular complexity index is 1070. The number of allylic oxidation sites excluding steroid dienone is 1. The fraction of sp³-hybridized carbons (Fsp3) is 0.174. The summed E-state index contributed by atoms with van der Waals surface area (Å²) in [5, 5.41) is 22.0. The predicted octanol–water partition coefficient (Wildman–Crippen LogP) is 4.19. The molecule has 1 N–H and O–H groups in total. The molecule has 0 saturated carbocycles. The SMILES string of the molecule is N#CC(=C=N)[n+]1nc(-c2ccccc2)c2c(c1-c1ccccc1)CCCC2. The van der Waals surface area contributed by atoms with Gasteiger partial charge in [-0.05, 0) is 48.1 Å². The van der Waals surface area contributed by atoms with Gasteiger partial charge in [0.2, 0.25) is 0 Å². The maximum atomic E-state index is 9.59. The van der Waals surface area contributed by atoms with Crippen LogP contribution in [0.5, 0.6) is 0 Å². The highest BCUT2D eigenvalue weighted by atomic mass is 15.3. The summed E-state index contributed by atoms with van der Waals surface area (Å²) >= 11 is 0. The normalized spacial score (nSPS) is 12.6. The van der Waals surface area contributed by atoms with E-state index in [-0.39, 0.29) is 5.70 Å². The highest BCUT2D eigenvalue weighted by Crippen LogP contribution is 2.34. The van der Waals surface area contributed by atoms with Crippen LogP contribution in [0.4, 0.5) is 0 Å². The molecule has 0 spiro atoms. The van der Waals surface area contributed by atoms with Crippen molar-refractivity contribution >= 4 is 11.6 Å². The van der Waals surface area contributed by atoms with Crippen molar-refractivity contribution in [3.8, 4) is 28.6 Å². The molecule has 2 aromatic carbocycles. The number of nitrogens with one attached hydrogen (secondary N) is 1. The first-order chi connectivity index (χ1) is 13.3. The second kappa shape index (κ2) is 7.37. The van der Waals surface area contributed by atoms with E-state index in [0.717, 1.165) is 48.2 Å².